The van der Waals surface area contributed by atoms with Crippen LogP contribution in [0.2, 0.25) is 0 Å². The average Bonchev–Trinajstić information content (AvgIpc) is 2.54. The minimum atomic E-state index is -0.372. The molecule has 1 amide bonds. The summed E-state index contributed by atoms with van der Waals surface area (Å²) in [7, 11) is 0. The van der Waals surface area contributed by atoms with Crippen LogP contribution < -0.4 is 5.32 Å². The maximum atomic E-state index is 11.2. The number of hydrogen-bond donors (Lipinski definition) is 1. The Morgan fingerprint density at radius 3 is 2.55 bits per heavy atom. The number of unbranched alkanes of at least 4 members (excludes halogenated alkanes) is 1. The number of carbonyl (C=O) groups excluding carboxylic acids is 1. The molecule has 0 aliphatic carbocycles. The van der Waals surface area contributed by atoms with Gasteiger partial charge in [-0.1, -0.05) is 43.7 Å². The van der Waals surface area contributed by atoms with Crippen LogP contribution >= 0.6 is 0 Å². The molecule has 0 aliphatic rings. The molecule has 0 saturated heterocycles. The Hall–Kier alpha value is -1.59. The second-order valence-corrected chi connectivity index (χ2v) is 4.92. The van der Waals surface area contributed by atoms with Gasteiger partial charge in [-0.05, 0) is 18.4 Å². The molecule has 0 heterocycles. The minimum absolute atomic E-state index is 0.372. The van der Waals surface area contributed by atoms with Gasteiger partial charge in [-0.2, -0.15) is 0 Å². The Balaban J connectivity index is 1.82. The monoisotopic (exact) mass is 309 g/mol. The molecule has 0 spiro atoms. The molecule has 1 aromatic carbocycles. The molecule has 1 N–H and O–H groups in total. The predicted molar refractivity (Wildman–Crippen MR) is 85.8 cm³/mol. The van der Waals surface area contributed by atoms with Crippen LogP contribution in [0.5, 0.6) is 0 Å². The summed E-state index contributed by atoms with van der Waals surface area (Å²) in [6.07, 6.45) is 2.38. The number of benzene rings is 1. The molecule has 22 heavy (non-hydrogen) atoms. The maximum absolute atomic E-state index is 11.2. The van der Waals surface area contributed by atoms with Gasteiger partial charge < -0.3 is 19.5 Å². The van der Waals surface area contributed by atoms with Gasteiger partial charge in [-0.25, -0.2) is 4.79 Å². The molecule has 1 rings (SSSR count). The van der Waals surface area contributed by atoms with Gasteiger partial charge in [0.05, 0.1) is 19.8 Å². The fourth-order valence-electron chi connectivity index (χ4n) is 1.71. The Bertz CT molecular complexity index is 384. The summed E-state index contributed by atoms with van der Waals surface area (Å²) >= 11 is 0. The number of carbonyl (C=O) groups is 1. The third-order valence-electron chi connectivity index (χ3n) is 2.94. The summed E-state index contributed by atoms with van der Waals surface area (Å²) in [5.41, 5.74) is 1.18. The van der Waals surface area contributed by atoms with E-state index in [9.17, 15) is 4.79 Å². The molecule has 0 fully saturated rings. The van der Waals surface area contributed by atoms with E-state index >= 15 is 0 Å². The van der Waals surface area contributed by atoms with E-state index in [0.717, 1.165) is 19.3 Å². The Morgan fingerprint density at radius 1 is 1.00 bits per heavy atom. The number of hydrogen-bond acceptors (Lipinski definition) is 4. The van der Waals surface area contributed by atoms with E-state index in [-0.39, 0.29) is 6.09 Å². The summed E-state index contributed by atoms with van der Waals surface area (Å²) < 4.78 is 15.9. The second kappa shape index (κ2) is 13.1. The maximum Gasteiger partial charge on any atom is 0.407 e. The van der Waals surface area contributed by atoms with Crippen LogP contribution in [0.15, 0.2) is 30.3 Å². The summed E-state index contributed by atoms with van der Waals surface area (Å²) in [5, 5.41) is 2.65. The van der Waals surface area contributed by atoms with Gasteiger partial charge in [0.15, 0.2) is 0 Å². The van der Waals surface area contributed by atoms with E-state index in [2.05, 4.69) is 12.2 Å². The van der Waals surface area contributed by atoms with Crippen molar-refractivity contribution in [1.29, 1.82) is 0 Å². The van der Waals surface area contributed by atoms with E-state index in [1.54, 1.807) is 0 Å². The zero-order valence-electron chi connectivity index (χ0n) is 13.4. The summed E-state index contributed by atoms with van der Waals surface area (Å²) in [5.74, 6) is 0. The van der Waals surface area contributed by atoms with Crippen molar-refractivity contribution in [3.63, 3.8) is 0 Å². The smallest absolute Gasteiger partial charge is 0.407 e. The normalized spacial score (nSPS) is 10.4. The van der Waals surface area contributed by atoms with Crippen LogP contribution in [0.25, 0.3) is 0 Å². The highest BCUT2D eigenvalue weighted by Crippen LogP contribution is 2.00. The number of ether oxygens (including phenoxy) is 3. The van der Waals surface area contributed by atoms with Crippen LogP contribution in [0.1, 0.15) is 31.7 Å². The van der Waals surface area contributed by atoms with E-state index in [1.807, 2.05) is 30.3 Å². The second-order valence-electron chi connectivity index (χ2n) is 4.92. The zero-order chi connectivity index (χ0) is 15.9. The van der Waals surface area contributed by atoms with Crippen molar-refractivity contribution >= 4 is 6.09 Å². The molecule has 0 aliphatic heterocycles. The van der Waals surface area contributed by atoms with Crippen LogP contribution in [-0.2, 0) is 20.8 Å². The van der Waals surface area contributed by atoms with Gasteiger partial charge in [0, 0.05) is 19.8 Å². The third kappa shape index (κ3) is 10.2. The SMILES string of the molecule is CCCCOC(=O)NCCOCCCOCc1ccccc1. The molecular weight excluding hydrogens is 282 g/mol. The molecule has 1 aromatic rings. The van der Waals surface area contributed by atoms with Gasteiger partial charge in [0.1, 0.15) is 0 Å². The first-order chi connectivity index (χ1) is 10.8. The Morgan fingerprint density at radius 2 is 1.77 bits per heavy atom. The van der Waals surface area contributed by atoms with Crippen molar-refractivity contribution in [3.8, 4) is 0 Å². The lowest BCUT2D eigenvalue weighted by atomic mass is 10.2. The van der Waals surface area contributed by atoms with Crippen LogP contribution in [-0.4, -0.2) is 39.1 Å². The molecule has 5 heteroatoms. The van der Waals surface area contributed by atoms with Gasteiger partial charge in [0.25, 0.3) is 0 Å². The number of rotatable bonds is 12. The number of nitrogens with one attached hydrogen (secondary N) is 1. The van der Waals surface area contributed by atoms with Crippen LogP contribution in [0.3, 0.4) is 0 Å². The van der Waals surface area contributed by atoms with Crippen LogP contribution in [0.4, 0.5) is 4.79 Å². The highest BCUT2D eigenvalue weighted by Gasteiger charge is 1.99. The molecule has 0 saturated carbocycles. The lowest BCUT2D eigenvalue weighted by Gasteiger charge is -2.07. The predicted octanol–water partition coefficient (Wildman–Crippen LogP) is 3.14. The first kappa shape index (κ1) is 18.5. The Kier molecular flexibility index (Phi) is 11.0. The van der Waals surface area contributed by atoms with Crippen molar-refractivity contribution in [2.24, 2.45) is 0 Å². The van der Waals surface area contributed by atoms with E-state index in [0.29, 0.717) is 39.6 Å². The van der Waals surface area contributed by atoms with E-state index in [1.165, 1.54) is 5.56 Å². The topological polar surface area (TPSA) is 56.8 Å². The lowest BCUT2D eigenvalue weighted by Crippen LogP contribution is -2.28. The molecule has 0 aromatic heterocycles. The molecular formula is C17H27NO4. The van der Waals surface area contributed by atoms with E-state index in [4.69, 9.17) is 14.2 Å². The van der Waals surface area contributed by atoms with Crippen molar-refractivity contribution in [2.75, 3.05) is 33.0 Å². The molecule has 124 valence electrons. The largest absolute Gasteiger partial charge is 0.450 e. The standard InChI is InChI=1S/C17H27NO4/c1-2-3-13-22-17(19)18-10-14-20-11-7-12-21-15-16-8-5-4-6-9-16/h4-6,8-9H,2-3,7,10-15H2,1H3,(H,18,19). The zero-order valence-corrected chi connectivity index (χ0v) is 13.4. The molecule has 0 bridgehead atoms. The van der Waals surface area contributed by atoms with Gasteiger partial charge in [0.2, 0.25) is 0 Å². The lowest BCUT2D eigenvalue weighted by molar-refractivity contribution is 0.0754. The van der Waals surface area contributed by atoms with E-state index < -0.39 is 0 Å². The van der Waals surface area contributed by atoms with Crippen molar-refractivity contribution in [3.05, 3.63) is 35.9 Å². The Labute approximate surface area is 132 Å². The highest BCUT2D eigenvalue weighted by molar-refractivity contribution is 5.66. The average molecular weight is 309 g/mol. The fourth-order valence-corrected chi connectivity index (χ4v) is 1.71. The minimum Gasteiger partial charge on any atom is -0.450 e. The van der Waals surface area contributed by atoms with Crippen molar-refractivity contribution < 1.29 is 19.0 Å². The van der Waals surface area contributed by atoms with Gasteiger partial charge in [-0.3, -0.25) is 0 Å². The number of amides is 1. The first-order valence-electron chi connectivity index (χ1n) is 7.93. The quantitative estimate of drug-likeness (QED) is 0.603. The highest BCUT2D eigenvalue weighted by atomic mass is 16.5. The third-order valence-corrected chi connectivity index (χ3v) is 2.94. The molecule has 0 unspecified atom stereocenters. The molecule has 5 nitrogen and oxygen atoms in total. The number of alkyl carbamates (subject to hydrolysis) is 1. The van der Waals surface area contributed by atoms with Gasteiger partial charge >= 0.3 is 6.09 Å². The van der Waals surface area contributed by atoms with Crippen molar-refractivity contribution in [2.45, 2.75) is 32.8 Å². The fraction of sp³-hybridized carbons (Fsp3) is 0.588. The van der Waals surface area contributed by atoms with Crippen LogP contribution in [0, 0.1) is 0 Å². The van der Waals surface area contributed by atoms with Crippen molar-refractivity contribution in [1.82, 2.24) is 5.32 Å². The molecule has 0 radical (unpaired) electrons. The first-order valence-corrected chi connectivity index (χ1v) is 7.93. The summed E-state index contributed by atoms with van der Waals surface area (Å²) in [6.45, 7) is 5.41. The summed E-state index contributed by atoms with van der Waals surface area (Å²) in [6, 6.07) is 10.1. The summed E-state index contributed by atoms with van der Waals surface area (Å²) in [4.78, 5) is 11.2. The van der Waals surface area contributed by atoms with Gasteiger partial charge in [-0.15, -0.1) is 0 Å². The molecule has 0 atom stereocenters.